The molecule has 0 rings (SSSR count). The van der Waals surface area contributed by atoms with Crippen LogP contribution in [0.3, 0.4) is 0 Å². The summed E-state index contributed by atoms with van der Waals surface area (Å²) in [5, 5.41) is 8.54. The molecule has 0 aromatic rings. The second-order valence-corrected chi connectivity index (χ2v) is 6.28. The maximum Gasteiger partial charge on any atom is 0.0704 e. The molecule has 0 bridgehead atoms. The Kier molecular flexibility index (Phi) is 22.6. The van der Waals surface area contributed by atoms with Crippen molar-refractivity contribution in [3.63, 3.8) is 0 Å². The molecule has 1 atom stereocenters. The summed E-state index contributed by atoms with van der Waals surface area (Å²) in [6, 6.07) is 0. The third-order valence-electron chi connectivity index (χ3n) is 4.02. The van der Waals surface area contributed by atoms with Gasteiger partial charge in [-0.15, -0.1) is 0 Å². The summed E-state index contributed by atoms with van der Waals surface area (Å²) in [5.74, 6) is 0. The third-order valence-corrected chi connectivity index (χ3v) is 4.02. The van der Waals surface area contributed by atoms with E-state index < -0.39 is 0 Å². The lowest BCUT2D eigenvalue weighted by Crippen LogP contribution is -2.17. The Morgan fingerprint density at radius 2 is 1.12 bits per heavy atom. The minimum Gasteiger partial charge on any atom is -0.394 e. The van der Waals surface area contributed by atoms with Crippen LogP contribution < -0.4 is 0 Å². The highest BCUT2D eigenvalue weighted by Crippen LogP contribution is 2.11. The van der Waals surface area contributed by atoms with Gasteiger partial charge in [-0.3, -0.25) is 0 Å². The maximum absolute atomic E-state index is 8.54. The topological polar surface area (TPSA) is 66.4 Å². The first-order valence-electron chi connectivity index (χ1n) is 10.4. The summed E-state index contributed by atoms with van der Waals surface area (Å²) in [6.07, 6.45) is 9.18. The van der Waals surface area contributed by atoms with Crippen molar-refractivity contribution in [3.05, 3.63) is 0 Å². The molecule has 0 saturated heterocycles. The van der Waals surface area contributed by atoms with E-state index in [1.807, 2.05) is 0 Å². The molecule has 0 amide bonds. The molecule has 0 heterocycles. The Morgan fingerprint density at radius 3 is 1.62 bits per heavy atom. The quantitative estimate of drug-likeness (QED) is 0.292. The average molecular weight is 379 g/mol. The van der Waals surface area contributed by atoms with Gasteiger partial charge in [0, 0.05) is 0 Å². The molecule has 158 valence electrons. The summed E-state index contributed by atoms with van der Waals surface area (Å²) in [6.45, 7) is 9.38. The van der Waals surface area contributed by atoms with Crippen LogP contribution in [0.5, 0.6) is 0 Å². The highest BCUT2D eigenvalue weighted by molar-refractivity contribution is 4.56. The Balaban J connectivity index is 3.21. The van der Waals surface area contributed by atoms with E-state index in [0.29, 0.717) is 65.6 Å². The minimum absolute atomic E-state index is 0.0479. The number of hydrogen-bond donors (Lipinski definition) is 1. The van der Waals surface area contributed by atoms with Crippen LogP contribution in [-0.4, -0.2) is 77.3 Å². The van der Waals surface area contributed by atoms with Gasteiger partial charge in [0.05, 0.1) is 72.2 Å². The molecular weight excluding hydrogens is 336 g/mol. The highest BCUT2D eigenvalue weighted by atomic mass is 16.6. The average Bonchev–Trinajstić information content (AvgIpc) is 2.66. The van der Waals surface area contributed by atoms with Crippen LogP contribution in [0.15, 0.2) is 0 Å². The summed E-state index contributed by atoms with van der Waals surface area (Å²) in [5.41, 5.74) is 0. The van der Waals surface area contributed by atoms with Crippen LogP contribution in [0.2, 0.25) is 0 Å². The van der Waals surface area contributed by atoms with E-state index in [4.69, 9.17) is 28.8 Å². The second kappa shape index (κ2) is 22.8. The van der Waals surface area contributed by atoms with Gasteiger partial charge in [-0.1, -0.05) is 46.0 Å². The van der Waals surface area contributed by atoms with Crippen LogP contribution in [0.4, 0.5) is 0 Å². The van der Waals surface area contributed by atoms with Gasteiger partial charge < -0.3 is 28.8 Å². The van der Waals surface area contributed by atoms with E-state index in [-0.39, 0.29) is 6.61 Å². The lowest BCUT2D eigenvalue weighted by molar-refractivity contribution is -0.0259. The minimum atomic E-state index is 0.0479. The van der Waals surface area contributed by atoms with E-state index in [0.717, 1.165) is 12.8 Å². The summed E-state index contributed by atoms with van der Waals surface area (Å²) < 4.78 is 27.2. The van der Waals surface area contributed by atoms with Crippen LogP contribution >= 0.6 is 0 Å². The zero-order valence-corrected chi connectivity index (χ0v) is 17.1. The van der Waals surface area contributed by atoms with Gasteiger partial charge >= 0.3 is 0 Å². The SMILES string of the molecule is CCCCCCCC(CC)OCCOCCOCCOCCOCCO. The van der Waals surface area contributed by atoms with Crippen LogP contribution in [-0.2, 0) is 23.7 Å². The van der Waals surface area contributed by atoms with Crippen molar-refractivity contribution in [1.82, 2.24) is 0 Å². The van der Waals surface area contributed by atoms with Crippen LogP contribution in [0.25, 0.3) is 0 Å². The molecule has 0 fully saturated rings. The second-order valence-electron chi connectivity index (χ2n) is 6.28. The smallest absolute Gasteiger partial charge is 0.0704 e. The van der Waals surface area contributed by atoms with E-state index in [2.05, 4.69) is 13.8 Å². The summed E-state index contributed by atoms with van der Waals surface area (Å²) in [7, 11) is 0. The number of unbranched alkanes of at least 4 members (excludes halogenated alkanes) is 4. The van der Waals surface area contributed by atoms with Crippen molar-refractivity contribution in [2.75, 3.05) is 66.1 Å². The molecule has 0 aromatic carbocycles. The normalized spacial score (nSPS) is 12.6. The van der Waals surface area contributed by atoms with Crippen molar-refractivity contribution < 1.29 is 28.8 Å². The molecule has 26 heavy (non-hydrogen) atoms. The van der Waals surface area contributed by atoms with Crippen molar-refractivity contribution in [2.45, 2.75) is 64.9 Å². The number of ether oxygens (including phenoxy) is 5. The van der Waals surface area contributed by atoms with Crippen LogP contribution in [0, 0.1) is 0 Å². The van der Waals surface area contributed by atoms with Crippen molar-refractivity contribution >= 4 is 0 Å². The zero-order chi connectivity index (χ0) is 19.1. The van der Waals surface area contributed by atoms with Gasteiger partial charge in [-0.25, -0.2) is 0 Å². The number of rotatable bonds is 22. The molecule has 0 aliphatic carbocycles. The molecule has 1 N–H and O–H groups in total. The molecule has 6 nitrogen and oxygen atoms in total. The number of aliphatic hydroxyl groups excluding tert-OH is 1. The molecule has 0 spiro atoms. The van der Waals surface area contributed by atoms with E-state index in [9.17, 15) is 0 Å². The Morgan fingerprint density at radius 1 is 0.615 bits per heavy atom. The fraction of sp³-hybridized carbons (Fsp3) is 1.00. The Hall–Kier alpha value is -0.240. The lowest BCUT2D eigenvalue weighted by Gasteiger charge is -2.16. The van der Waals surface area contributed by atoms with Gasteiger partial charge in [0.25, 0.3) is 0 Å². The van der Waals surface area contributed by atoms with Gasteiger partial charge in [0.2, 0.25) is 0 Å². The fourth-order valence-electron chi connectivity index (χ4n) is 2.48. The Bertz CT molecular complexity index is 252. The molecule has 0 radical (unpaired) electrons. The van der Waals surface area contributed by atoms with Gasteiger partial charge in [-0.05, 0) is 12.8 Å². The molecule has 1 unspecified atom stereocenters. The highest BCUT2D eigenvalue weighted by Gasteiger charge is 2.06. The molecule has 6 heteroatoms. The fourth-order valence-corrected chi connectivity index (χ4v) is 2.48. The molecular formula is C20H42O6. The van der Waals surface area contributed by atoms with Gasteiger partial charge in [0.15, 0.2) is 0 Å². The molecule has 0 saturated carbocycles. The zero-order valence-electron chi connectivity index (χ0n) is 17.1. The first kappa shape index (κ1) is 25.8. The van der Waals surface area contributed by atoms with Crippen LogP contribution in [0.1, 0.15) is 58.8 Å². The summed E-state index contributed by atoms with van der Waals surface area (Å²) in [4.78, 5) is 0. The van der Waals surface area contributed by atoms with Crippen molar-refractivity contribution in [3.8, 4) is 0 Å². The van der Waals surface area contributed by atoms with Gasteiger partial charge in [-0.2, -0.15) is 0 Å². The monoisotopic (exact) mass is 378 g/mol. The molecule has 0 aliphatic heterocycles. The maximum atomic E-state index is 8.54. The lowest BCUT2D eigenvalue weighted by atomic mass is 10.1. The largest absolute Gasteiger partial charge is 0.394 e. The summed E-state index contributed by atoms with van der Waals surface area (Å²) >= 11 is 0. The standard InChI is InChI=1S/C20H42O6/c1-3-5-6-7-8-9-20(4-2)26-19-18-25-17-16-24-15-14-23-13-12-22-11-10-21/h20-21H,3-19H2,1-2H3. The Labute approximate surface area is 160 Å². The van der Waals surface area contributed by atoms with Gasteiger partial charge in [0.1, 0.15) is 0 Å². The number of aliphatic hydroxyl groups is 1. The molecule has 0 aromatic heterocycles. The van der Waals surface area contributed by atoms with E-state index in [1.54, 1.807) is 0 Å². The predicted octanol–water partition coefficient (Wildman–Crippen LogP) is 3.20. The third kappa shape index (κ3) is 20.1. The van der Waals surface area contributed by atoms with Crippen molar-refractivity contribution in [2.24, 2.45) is 0 Å². The first-order valence-corrected chi connectivity index (χ1v) is 10.4. The first-order chi connectivity index (χ1) is 12.8. The number of hydrogen-bond acceptors (Lipinski definition) is 6. The van der Waals surface area contributed by atoms with E-state index >= 15 is 0 Å². The predicted molar refractivity (Wildman–Crippen MR) is 104 cm³/mol. The van der Waals surface area contributed by atoms with Crippen molar-refractivity contribution in [1.29, 1.82) is 0 Å². The molecule has 0 aliphatic rings. The van der Waals surface area contributed by atoms with E-state index in [1.165, 1.54) is 32.1 Å².